The maximum atomic E-state index is 6.04. The Hall–Kier alpha value is -0.930. The van der Waals surface area contributed by atoms with Crippen molar-refractivity contribution in [3.05, 3.63) is 23.2 Å². The van der Waals surface area contributed by atoms with Gasteiger partial charge in [0.2, 0.25) is 0 Å². The molecule has 1 N–H and O–H groups in total. The first-order valence-electron chi connectivity index (χ1n) is 4.88. The molecule has 0 spiro atoms. The van der Waals surface area contributed by atoms with Crippen LogP contribution >= 0.6 is 11.6 Å². The second-order valence-corrected chi connectivity index (χ2v) is 3.75. The second-order valence-electron chi connectivity index (χ2n) is 3.34. The quantitative estimate of drug-likeness (QED) is 0.835. The number of anilines is 1. The molecule has 0 aromatic heterocycles. The number of methoxy groups -OCH3 is 1. The van der Waals surface area contributed by atoms with Gasteiger partial charge in [0.25, 0.3) is 0 Å². The van der Waals surface area contributed by atoms with E-state index in [1.54, 1.807) is 7.11 Å². The number of ether oxygens (including phenoxy) is 1. The molecule has 84 valence electrons. The Labute approximate surface area is 96.0 Å². The summed E-state index contributed by atoms with van der Waals surface area (Å²) in [6, 6.07) is 5.80. The summed E-state index contributed by atoms with van der Waals surface area (Å²) in [5.41, 5.74) is 1.09. The third kappa shape index (κ3) is 3.29. The zero-order valence-corrected chi connectivity index (χ0v) is 10.1. The molecule has 0 aliphatic rings. The van der Waals surface area contributed by atoms with Gasteiger partial charge in [-0.05, 0) is 25.2 Å². The number of benzene rings is 1. The van der Waals surface area contributed by atoms with Crippen molar-refractivity contribution in [1.29, 1.82) is 0 Å². The minimum atomic E-state index is 0.645. The number of likely N-dealkylation sites (N-methyl/N-ethyl adjacent to an activating group) is 2. The van der Waals surface area contributed by atoms with Gasteiger partial charge >= 0.3 is 0 Å². The van der Waals surface area contributed by atoms with Crippen LogP contribution in [0.2, 0.25) is 5.02 Å². The van der Waals surface area contributed by atoms with Gasteiger partial charge in [0.05, 0.1) is 12.1 Å². The Bertz CT molecular complexity index is 317. The van der Waals surface area contributed by atoms with Crippen molar-refractivity contribution in [2.24, 2.45) is 0 Å². The fourth-order valence-electron chi connectivity index (χ4n) is 1.30. The summed E-state index contributed by atoms with van der Waals surface area (Å²) < 4.78 is 5.10. The average Bonchev–Trinajstić information content (AvgIpc) is 2.25. The third-order valence-corrected chi connectivity index (χ3v) is 2.57. The maximum Gasteiger partial charge on any atom is 0.137 e. The number of rotatable bonds is 5. The SMILES string of the molecule is CNCCN(C)c1ccc(OC)c(Cl)c1. The van der Waals surface area contributed by atoms with E-state index in [0.29, 0.717) is 10.8 Å². The standard InChI is InChI=1S/C11H17ClN2O/c1-13-6-7-14(2)9-4-5-11(15-3)10(12)8-9/h4-5,8,13H,6-7H2,1-3H3. The van der Waals surface area contributed by atoms with Gasteiger partial charge in [-0.25, -0.2) is 0 Å². The first-order chi connectivity index (χ1) is 7.19. The van der Waals surface area contributed by atoms with Gasteiger partial charge < -0.3 is 15.0 Å². The number of hydrogen-bond acceptors (Lipinski definition) is 3. The molecule has 15 heavy (non-hydrogen) atoms. The predicted octanol–water partition coefficient (Wildman–Crippen LogP) is 2.00. The molecule has 0 aliphatic carbocycles. The summed E-state index contributed by atoms with van der Waals surface area (Å²) in [7, 11) is 5.59. The van der Waals surface area contributed by atoms with Crippen LogP contribution < -0.4 is 15.0 Å². The van der Waals surface area contributed by atoms with Crippen LogP contribution in [0.3, 0.4) is 0 Å². The molecule has 0 amide bonds. The summed E-state index contributed by atoms with van der Waals surface area (Å²) >= 11 is 6.04. The molecule has 1 rings (SSSR count). The van der Waals surface area contributed by atoms with Crippen molar-refractivity contribution >= 4 is 17.3 Å². The van der Waals surface area contributed by atoms with Crippen LogP contribution in [0.25, 0.3) is 0 Å². The fraction of sp³-hybridized carbons (Fsp3) is 0.455. The van der Waals surface area contributed by atoms with Crippen molar-refractivity contribution in [1.82, 2.24) is 5.32 Å². The van der Waals surface area contributed by atoms with E-state index in [-0.39, 0.29) is 0 Å². The molecular formula is C11H17ClN2O. The molecule has 0 atom stereocenters. The normalized spacial score (nSPS) is 10.1. The summed E-state index contributed by atoms with van der Waals surface area (Å²) in [6.07, 6.45) is 0. The van der Waals surface area contributed by atoms with E-state index >= 15 is 0 Å². The largest absolute Gasteiger partial charge is 0.495 e. The predicted molar refractivity (Wildman–Crippen MR) is 65.2 cm³/mol. The molecule has 0 saturated heterocycles. The lowest BCUT2D eigenvalue weighted by Gasteiger charge is -2.19. The van der Waals surface area contributed by atoms with Crippen molar-refractivity contribution in [3.8, 4) is 5.75 Å². The van der Waals surface area contributed by atoms with E-state index in [9.17, 15) is 0 Å². The minimum Gasteiger partial charge on any atom is -0.495 e. The Morgan fingerprint density at radius 1 is 1.47 bits per heavy atom. The number of nitrogens with zero attached hydrogens (tertiary/aromatic N) is 1. The van der Waals surface area contributed by atoms with Gasteiger partial charge in [-0.3, -0.25) is 0 Å². The van der Waals surface area contributed by atoms with E-state index in [1.807, 2.05) is 32.3 Å². The highest BCUT2D eigenvalue weighted by molar-refractivity contribution is 6.32. The third-order valence-electron chi connectivity index (χ3n) is 2.27. The summed E-state index contributed by atoms with van der Waals surface area (Å²) in [4.78, 5) is 2.14. The molecule has 0 fully saturated rings. The van der Waals surface area contributed by atoms with E-state index in [4.69, 9.17) is 16.3 Å². The average molecular weight is 229 g/mol. The molecule has 1 aromatic rings. The number of hydrogen-bond donors (Lipinski definition) is 1. The zero-order chi connectivity index (χ0) is 11.3. The molecule has 0 radical (unpaired) electrons. The minimum absolute atomic E-state index is 0.645. The summed E-state index contributed by atoms with van der Waals surface area (Å²) in [5, 5.41) is 3.75. The Morgan fingerprint density at radius 2 is 2.20 bits per heavy atom. The highest BCUT2D eigenvalue weighted by atomic mass is 35.5. The zero-order valence-electron chi connectivity index (χ0n) is 9.38. The smallest absolute Gasteiger partial charge is 0.137 e. The van der Waals surface area contributed by atoms with Crippen LogP contribution in [-0.2, 0) is 0 Å². The maximum absolute atomic E-state index is 6.04. The molecule has 0 aliphatic heterocycles. The Kier molecular flexibility index (Phi) is 4.72. The Balaban J connectivity index is 2.73. The van der Waals surface area contributed by atoms with Gasteiger partial charge in [-0.2, -0.15) is 0 Å². The number of halogens is 1. The molecule has 1 aromatic carbocycles. The Morgan fingerprint density at radius 3 is 2.73 bits per heavy atom. The summed E-state index contributed by atoms with van der Waals surface area (Å²) in [5.74, 6) is 0.711. The van der Waals surface area contributed by atoms with Crippen molar-refractivity contribution in [2.75, 3.05) is 39.2 Å². The van der Waals surface area contributed by atoms with Gasteiger partial charge in [-0.15, -0.1) is 0 Å². The van der Waals surface area contributed by atoms with Gasteiger partial charge in [0.15, 0.2) is 0 Å². The van der Waals surface area contributed by atoms with Gasteiger partial charge in [0, 0.05) is 25.8 Å². The molecular weight excluding hydrogens is 212 g/mol. The van der Waals surface area contributed by atoms with Crippen molar-refractivity contribution in [3.63, 3.8) is 0 Å². The van der Waals surface area contributed by atoms with Crippen LogP contribution in [0.5, 0.6) is 5.75 Å². The molecule has 0 saturated carbocycles. The lowest BCUT2D eigenvalue weighted by atomic mass is 10.3. The molecule has 0 unspecified atom stereocenters. The monoisotopic (exact) mass is 228 g/mol. The van der Waals surface area contributed by atoms with Gasteiger partial charge in [-0.1, -0.05) is 11.6 Å². The van der Waals surface area contributed by atoms with Crippen LogP contribution in [0.1, 0.15) is 0 Å². The summed E-state index contributed by atoms with van der Waals surface area (Å²) in [6.45, 7) is 1.89. The highest BCUT2D eigenvalue weighted by Gasteiger charge is 2.04. The highest BCUT2D eigenvalue weighted by Crippen LogP contribution is 2.28. The van der Waals surface area contributed by atoms with Crippen LogP contribution in [0.4, 0.5) is 5.69 Å². The lowest BCUT2D eigenvalue weighted by Crippen LogP contribution is -2.26. The van der Waals surface area contributed by atoms with Crippen LogP contribution in [0.15, 0.2) is 18.2 Å². The first kappa shape index (κ1) is 12.1. The van der Waals surface area contributed by atoms with Gasteiger partial charge in [0.1, 0.15) is 5.75 Å². The first-order valence-corrected chi connectivity index (χ1v) is 5.26. The van der Waals surface area contributed by atoms with E-state index in [2.05, 4.69) is 10.2 Å². The van der Waals surface area contributed by atoms with E-state index < -0.39 is 0 Å². The van der Waals surface area contributed by atoms with Crippen molar-refractivity contribution < 1.29 is 4.74 Å². The number of nitrogens with one attached hydrogen (secondary N) is 1. The van der Waals surface area contributed by atoms with E-state index in [0.717, 1.165) is 18.8 Å². The van der Waals surface area contributed by atoms with E-state index in [1.165, 1.54) is 0 Å². The second kappa shape index (κ2) is 5.83. The molecule has 3 nitrogen and oxygen atoms in total. The topological polar surface area (TPSA) is 24.5 Å². The van der Waals surface area contributed by atoms with Crippen LogP contribution in [-0.4, -0.2) is 34.3 Å². The molecule has 0 bridgehead atoms. The molecule has 4 heteroatoms. The van der Waals surface area contributed by atoms with Crippen LogP contribution in [0, 0.1) is 0 Å². The molecule has 0 heterocycles. The lowest BCUT2D eigenvalue weighted by molar-refractivity contribution is 0.415. The van der Waals surface area contributed by atoms with Crippen molar-refractivity contribution in [2.45, 2.75) is 0 Å². The fourth-order valence-corrected chi connectivity index (χ4v) is 1.55.